The van der Waals surface area contributed by atoms with Crippen LogP contribution in [0.3, 0.4) is 0 Å². The minimum Gasteiger partial charge on any atom is -0.493 e. The number of phosphoric acid groups is 1. The fourth-order valence-corrected chi connectivity index (χ4v) is 7.17. The van der Waals surface area contributed by atoms with E-state index in [9.17, 15) is 18.1 Å². The molecule has 0 atom stereocenters. The third-order valence-corrected chi connectivity index (χ3v) is 9.26. The Morgan fingerprint density at radius 3 is 2.24 bits per heavy atom. The molecule has 2 heterocycles. The molecular formula is C37H52F2N7O7P. The van der Waals surface area contributed by atoms with Crippen molar-refractivity contribution in [2.75, 3.05) is 50.6 Å². The highest BCUT2D eigenvalue weighted by molar-refractivity contribution is 7.48. The van der Waals surface area contributed by atoms with Crippen molar-refractivity contribution in [1.29, 1.82) is 0 Å². The highest BCUT2D eigenvalue weighted by Crippen LogP contribution is 2.55. The van der Waals surface area contributed by atoms with Crippen LogP contribution in [-0.4, -0.2) is 82.1 Å². The number of aromatic nitrogens is 4. The molecule has 0 aliphatic rings. The van der Waals surface area contributed by atoms with Gasteiger partial charge in [0.05, 0.1) is 43.5 Å². The maximum atomic E-state index is 13.5. The first-order chi connectivity index (χ1) is 25.3. The molecule has 0 saturated carbocycles. The smallest absolute Gasteiger partial charge is 0.475 e. The van der Waals surface area contributed by atoms with Crippen molar-refractivity contribution < 1.29 is 41.2 Å². The second-order valence-corrected chi connectivity index (χ2v) is 16.6. The number of carbonyl (C=O) groups excluding carboxylic acids is 1. The van der Waals surface area contributed by atoms with Crippen molar-refractivity contribution in [3.05, 3.63) is 60.1 Å². The lowest BCUT2D eigenvalue weighted by Crippen LogP contribution is -2.33. The molecule has 0 unspecified atom stereocenters. The zero-order valence-electron chi connectivity index (χ0n) is 32.4. The number of carbonyl (C=O) groups is 1. The fourth-order valence-electron chi connectivity index (χ4n) is 5.38. The van der Waals surface area contributed by atoms with Gasteiger partial charge in [-0.1, -0.05) is 13.8 Å². The van der Waals surface area contributed by atoms with Gasteiger partial charge in [0.25, 0.3) is 0 Å². The zero-order valence-corrected chi connectivity index (χ0v) is 33.3. The van der Waals surface area contributed by atoms with Gasteiger partial charge in [-0.15, -0.1) is 0 Å². The molecule has 0 aliphatic carbocycles. The Kier molecular flexibility index (Phi) is 14.5. The number of nitrogens with one attached hydrogen (secondary N) is 3. The highest BCUT2D eigenvalue weighted by atomic mass is 31.2. The molecule has 0 aliphatic heterocycles. The molecule has 296 valence electrons. The first-order valence-electron chi connectivity index (χ1n) is 17.7. The fraction of sp³-hybridized carbons (Fsp3) is 0.514. The van der Waals surface area contributed by atoms with Crippen molar-refractivity contribution in [3.63, 3.8) is 0 Å². The molecule has 0 saturated heterocycles. The van der Waals surface area contributed by atoms with E-state index < -0.39 is 36.6 Å². The van der Waals surface area contributed by atoms with Gasteiger partial charge in [-0.05, 0) is 72.1 Å². The summed E-state index contributed by atoms with van der Waals surface area (Å²) in [4.78, 5) is 23.5. The van der Waals surface area contributed by atoms with Crippen LogP contribution in [0.15, 0.2) is 42.7 Å². The number of phosphoric ester groups is 1. The topological polar surface area (TPSA) is 162 Å². The molecular weight excluding hydrogens is 723 g/mol. The van der Waals surface area contributed by atoms with Crippen LogP contribution < -0.4 is 20.1 Å². The normalized spacial score (nSPS) is 12.5. The van der Waals surface area contributed by atoms with Gasteiger partial charge < -0.3 is 25.0 Å². The number of aromatic amines is 1. The number of hydrogen-bond donors (Lipinski definition) is 3. The molecule has 2 aromatic heterocycles. The molecule has 4 rings (SSSR count). The van der Waals surface area contributed by atoms with Gasteiger partial charge in [0.15, 0.2) is 17.3 Å². The minimum absolute atomic E-state index is 0.0117. The van der Waals surface area contributed by atoms with Crippen LogP contribution in [0.4, 0.5) is 26.1 Å². The van der Waals surface area contributed by atoms with E-state index in [0.29, 0.717) is 71.8 Å². The maximum absolute atomic E-state index is 13.5. The van der Waals surface area contributed by atoms with Gasteiger partial charge in [-0.2, -0.15) is 5.10 Å². The predicted molar refractivity (Wildman–Crippen MR) is 203 cm³/mol. The number of ether oxygens (including phenoxy) is 2. The van der Waals surface area contributed by atoms with Gasteiger partial charge in [0, 0.05) is 54.6 Å². The second kappa shape index (κ2) is 18.4. The van der Waals surface area contributed by atoms with Crippen molar-refractivity contribution in [2.45, 2.75) is 79.4 Å². The molecule has 0 bridgehead atoms. The number of amides is 1. The molecule has 4 aromatic rings. The van der Waals surface area contributed by atoms with E-state index in [1.165, 1.54) is 6.33 Å². The first kappa shape index (κ1) is 42.5. The Morgan fingerprint density at radius 1 is 0.926 bits per heavy atom. The van der Waals surface area contributed by atoms with Crippen LogP contribution in [0.2, 0.25) is 0 Å². The minimum atomic E-state index is -3.81. The monoisotopic (exact) mass is 775 g/mol. The number of fused-ring (bicyclic) bond motifs is 1. The Morgan fingerprint density at radius 2 is 1.61 bits per heavy atom. The summed E-state index contributed by atoms with van der Waals surface area (Å²) in [6, 6.07) is 7.96. The van der Waals surface area contributed by atoms with E-state index >= 15 is 0 Å². The van der Waals surface area contributed by atoms with Crippen LogP contribution in [0.25, 0.3) is 10.9 Å². The maximum Gasteiger partial charge on any atom is 0.475 e. The molecule has 54 heavy (non-hydrogen) atoms. The van der Waals surface area contributed by atoms with Gasteiger partial charge in [0.2, 0.25) is 5.91 Å². The number of benzene rings is 2. The SMILES string of the molecule is COc1cc2c(Nc3cc(CC(=O)Nc4cc(F)cc(F)c4)[nH]n3)ncnc2cc1OCCCN(CCOP(=O)(OC(C)(C)C)OC(C)(C)C)CC(C)C. The number of nitrogens with zero attached hydrogens (tertiary/aromatic N) is 4. The van der Waals surface area contributed by atoms with Crippen LogP contribution in [0.5, 0.6) is 11.5 Å². The van der Waals surface area contributed by atoms with Gasteiger partial charge in [0.1, 0.15) is 23.8 Å². The summed E-state index contributed by atoms with van der Waals surface area (Å²) >= 11 is 0. The van der Waals surface area contributed by atoms with Crippen molar-refractivity contribution in [3.8, 4) is 11.5 Å². The molecule has 3 N–H and O–H groups in total. The van der Waals surface area contributed by atoms with E-state index in [-0.39, 0.29) is 18.7 Å². The molecule has 2 aromatic carbocycles. The van der Waals surface area contributed by atoms with E-state index in [1.54, 1.807) is 66.9 Å². The summed E-state index contributed by atoms with van der Waals surface area (Å²) in [5, 5.41) is 13.2. The second-order valence-electron chi connectivity index (χ2n) is 15.1. The molecule has 0 fully saturated rings. The average Bonchev–Trinajstić information content (AvgIpc) is 3.46. The molecule has 0 spiro atoms. The van der Waals surface area contributed by atoms with Gasteiger partial charge in [-0.25, -0.2) is 23.3 Å². The molecule has 14 nitrogen and oxygen atoms in total. The lowest BCUT2D eigenvalue weighted by molar-refractivity contribution is -0.115. The lowest BCUT2D eigenvalue weighted by atomic mass is 10.2. The molecule has 17 heteroatoms. The Balaban J connectivity index is 1.35. The van der Waals surface area contributed by atoms with Crippen LogP contribution >= 0.6 is 7.82 Å². The van der Waals surface area contributed by atoms with Crippen molar-refractivity contribution >= 4 is 42.0 Å². The van der Waals surface area contributed by atoms with E-state index in [4.69, 9.17) is 23.0 Å². The number of hydrogen-bond acceptors (Lipinski definition) is 12. The number of halogens is 2. The van der Waals surface area contributed by atoms with E-state index in [2.05, 4.69) is 49.5 Å². The Hall–Kier alpha value is -4.21. The summed E-state index contributed by atoms with van der Waals surface area (Å²) in [7, 11) is -2.27. The zero-order chi connectivity index (χ0) is 39.7. The van der Waals surface area contributed by atoms with Crippen molar-refractivity contribution in [2.24, 2.45) is 5.92 Å². The lowest BCUT2D eigenvalue weighted by Gasteiger charge is -2.31. The standard InChI is InChI=1S/C37H52F2N7O7P/c1-24(2)22-46(12-14-51-54(48,52-36(3,4)5)53-37(6,7)8)11-10-13-50-32-21-30-29(20-31(32)49-9)35(41-23-40-30)43-33-18-28(44-45-33)19-34(47)42-27-16-25(38)15-26(39)17-27/h15-18,20-21,23-24H,10-14,19,22H2,1-9H3,(H,42,47)(H2,40,41,43,44,45). The number of rotatable bonds is 19. The van der Waals surface area contributed by atoms with Crippen LogP contribution in [0, 0.1) is 17.6 Å². The van der Waals surface area contributed by atoms with Crippen molar-refractivity contribution in [1.82, 2.24) is 25.1 Å². The number of anilines is 3. The number of H-pyrrole nitrogens is 1. The van der Waals surface area contributed by atoms with Gasteiger partial charge in [-0.3, -0.25) is 23.5 Å². The Labute approximate surface area is 315 Å². The predicted octanol–water partition coefficient (Wildman–Crippen LogP) is 8.05. The average molecular weight is 776 g/mol. The quantitative estimate of drug-likeness (QED) is 0.0622. The summed E-state index contributed by atoms with van der Waals surface area (Å²) in [6.07, 6.45) is 1.98. The first-order valence-corrected chi connectivity index (χ1v) is 19.2. The summed E-state index contributed by atoms with van der Waals surface area (Å²) in [5.41, 5.74) is -0.362. The summed E-state index contributed by atoms with van der Waals surface area (Å²) < 4.78 is 69.6. The van der Waals surface area contributed by atoms with E-state index in [0.717, 1.165) is 24.7 Å². The molecule has 1 amide bonds. The number of methoxy groups -OCH3 is 1. The summed E-state index contributed by atoms with van der Waals surface area (Å²) in [5.74, 6) is 0.144. The summed E-state index contributed by atoms with van der Waals surface area (Å²) in [6.45, 7) is 17.7. The third-order valence-electron chi connectivity index (χ3n) is 7.22. The third kappa shape index (κ3) is 13.9. The van der Waals surface area contributed by atoms with Gasteiger partial charge >= 0.3 is 7.82 Å². The van der Waals surface area contributed by atoms with Crippen LogP contribution in [-0.2, 0) is 29.4 Å². The largest absolute Gasteiger partial charge is 0.493 e. The van der Waals surface area contributed by atoms with E-state index in [1.807, 2.05) is 0 Å². The Bertz CT molecular complexity index is 1870. The van der Waals surface area contributed by atoms with Crippen LogP contribution in [0.1, 0.15) is 67.5 Å². The highest BCUT2D eigenvalue weighted by Gasteiger charge is 2.37. The molecule has 0 radical (unpaired) electrons.